The quantitative estimate of drug-likeness (QED) is 0.447. The summed E-state index contributed by atoms with van der Waals surface area (Å²) in [6.07, 6.45) is 4.52. The first kappa shape index (κ1) is 23.5. The van der Waals surface area contributed by atoms with E-state index in [1.54, 1.807) is 12.0 Å². The maximum Gasteiger partial charge on any atom is 0.410 e. The molecule has 0 unspecified atom stereocenters. The molecule has 158 valence electrons. The second-order valence-electron chi connectivity index (χ2n) is 8.28. The topological polar surface area (TPSA) is 75.2 Å². The highest BCUT2D eigenvalue weighted by Gasteiger charge is 2.36. The van der Waals surface area contributed by atoms with Gasteiger partial charge in [0.2, 0.25) is 0 Å². The summed E-state index contributed by atoms with van der Waals surface area (Å²) in [6.45, 7) is 13.9. The standard InChI is InChI=1S/C20H40N4O3/c1-7-21-17(23-16-20(10-9-11-20)12-15-26-6)22-13-14-24(8-2)18(25)27-19(3,4)5/h7-16H2,1-6H3,(H2,21,22,23). The Labute approximate surface area is 165 Å². The smallest absolute Gasteiger partial charge is 0.410 e. The summed E-state index contributed by atoms with van der Waals surface area (Å²) in [5.41, 5.74) is -0.183. The van der Waals surface area contributed by atoms with E-state index in [9.17, 15) is 4.79 Å². The van der Waals surface area contributed by atoms with Crippen LogP contribution in [0.4, 0.5) is 4.79 Å². The molecule has 0 heterocycles. The monoisotopic (exact) mass is 384 g/mol. The molecule has 0 saturated heterocycles. The molecule has 0 aromatic heterocycles. The van der Waals surface area contributed by atoms with Gasteiger partial charge in [-0.2, -0.15) is 0 Å². The summed E-state index contributed by atoms with van der Waals surface area (Å²) in [4.78, 5) is 18.7. The number of hydrogen-bond donors (Lipinski definition) is 2. The van der Waals surface area contributed by atoms with Gasteiger partial charge in [-0.25, -0.2) is 4.79 Å². The van der Waals surface area contributed by atoms with Crippen LogP contribution in [0.3, 0.4) is 0 Å². The lowest BCUT2D eigenvalue weighted by Gasteiger charge is -2.40. The van der Waals surface area contributed by atoms with Gasteiger partial charge < -0.3 is 25.0 Å². The van der Waals surface area contributed by atoms with Crippen LogP contribution in [0, 0.1) is 5.41 Å². The van der Waals surface area contributed by atoms with Crippen molar-refractivity contribution < 1.29 is 14.3 Å². The predicted molar refractivity (Wildman–Crippen MR) is 110 cm³/mol. The number of likely N-dealkylation sites (N-methyl/N-ethyl adjacent to an activating group) is 1. The van der Waals surface area contributed by atoms with Crippen LogP contribution in [0.15, 0.2) is 4.99 Å². The van der Waals surface area contributed by atoms with Crippen LogP contribution in [-0.2, 0) is 9.47 Å². The molecule has 1 aliphatic rings. The molecule has 1 rings (SSSR count). The van der Waals surface area contributed by atoms with E-state index in [2.05, 4.69) is 17.6 Å². The number of amides is 1. The van der Waals surface area contributed by atoms with Crippen LogP contribution >= 0.6 is 0 Å². The molecule has 0 bridgehead atoms. The van der Waals surface area contributed by atoms with Gasteiger partial charge in [-0.05, 0) is 59.3 Å². The summed E-state index contributed by atoms with van der Waals surface area (Å²) < 4.78 is 10.7. The molecule has 1 amide bonds. The van der Waals surface area contributed by atoms with E-state index < -0.39 is 5.60 Å². The molecule has 7 heteroatoms. The maximum atomic E-state index is 12.2. The van der Waals surface area contributed by atoms with Gasteiger partial charge in [0.15, 0.2) is 5.96 Å². The summed E-state index contributed by atoms with van der Waals surface area (Å²) in [6, 6.07) is 0. The van der Waals surface area contributed by atoms with E-state index in [4.69, 9.17) is 14.5 Å². The Hall–Kier alpha value is -1.50. The average molecular weight is 385 g/mol. The van der Waals surface area contributed by atoms with Crippen molar-refractivity contribution in [2.45, 2.75) is 65.9 Å². The minimum absolute atomic E-state index is 0.276. The fourth-order valence-corrected chi connectivity index (χ4v) is 3.09. The first-order valence-corrected chi connectivity index (χ1v) is 10.2. The van der Waals surface area contributed by atoms with E-state index in [-0.39, 0.29) is 6.09 Å². The van der Waals surface area contributed by atoms with Crippen molar-refractivity contribution in [3.05, 3.63) is 0 Å². The van der Waals surface area contributed by atoms with E-state index >= 15 is 0 Å². The molecule has 27 heavy (non-hydrogen) atoms. The Bertz CT molecular complexity index is 470. The first-order chi connectivity index (χ1) is 12.7. The van der Waals surface area contributed by atoms with Gasteiger partial charge in [0.05, 0.1) is 0 Å². The third-order valence-electron chi connectivity index (χ3n) is 4.88. The first-order valence-electron chi connectivity index (χ1n) is 10.2. The fraction of sp³-hybridized carbons (Fsp3) is 0.900. The zero-order valence-corrected chi connectivity index (χ0v) is 18.2. The highest BCUT2D eigenvalue weighted by Crippen LogP contribution is 2.44. The van der Waals surface area contributed by atoms with Gasteiger partial charge in [-0.3, -0.25) is 4.99 Å². The summed E-state index contributed by atoms with van der Waals surface area (Å²) >= 11 is 0. The molecule has 1 saturated carbocycles. The molecule has 1 aliphatic carbocycles. The van der Waals surface area contributed by atoms with Crippen molar-refractivity contribution in [3.8, 4) is 0 Å². The van der Waals surface area contributed by atoms with Crippen molar-refractivity contribution in [1.29, 1.82) is 0 Å². The van der Waals surface area contributed by atoms with E-state index in [0.29, 0.717) is 25.0 Å². The van der Waals surface area contributed by atoms with E-state index in [0.717, 1.165) is 32.1 Å². The van der Waals surface area contributed by atoms with Crippen molar-refractivity contribution in [2.24, 2.45) is 10.4 Å². The Balaban J connectivity index is 2.52. The minimum Gasteiger partial charge on any atom is -0.444 e. The molecule has 2 N–H and O–H groups in total. The molecular formula is C20H40N4O3. The van der Waals surface area contributed by atoms with Crippen molar-refractivity contribution >= 4 is 12.1 Å². The number of rotatable bonds is 10. The predicted octanol–water partition coefficient (Wildman–Crippen LogP) is 3.01. The summed E-state index contributed by atoms with van der Waals surface area (Å²) in [5.74, 6) is 0.807. The number of carbonyl (C=O) groups excluding carboxylic acids is 1. The zero-order chi connectivity index (χ0) is 20.3. The Kier molecular flexibility index (Phi) is 9.91. The van der Waals surface area contributed by atoms with Gasteiger partial charge in [0, 0.05) is 46.4 Å². The lowest BCUT2D eigenvalue weighted by atomic mass is 9.67. The number of nitrogens with one attached hydrogen (secondary N) is 2. The van der Waals surface area contributed by atoms with Gasteiger partial charge in [0.1, 0.15) is 5.60 Å². The van der Waals surface area contributed by atoms with Crippen LogP contribution in [0.1, 0.15) is 60.3 Å². The molecule has 0 radical (unpaired) electrons. The third kappa shape index (κ3) is 8.82. The number of carbonyl (C=O) groups is 1. The van der Waals surface area contributed by atoms with Gasteiger partial charge >= 0.3 is 6.09 Å². The van der Waals surface area contributed by atoms with Crippen LogP contribution in [0.2, 0.25) is 0 Å². The zero-order valence-electron chi connectivity index (χ0n) is 18.2. The third-order valence-corrected chi connectivity index (χ3v) is 4.88. The van der Waals surface area contributed by atoms with Gasteiger partial charge in [-0.15, -0.1) is 0 Å². The van der Waals surface area contributed by atoms with Crippen LogP contribution in [0.5, 0.6) is 0 Å². The SMILES string of the molecule is CCNC(=NCC1(CCOC)CCC1)NCCN(CC)C(=O)OC(C)(C)C. The Morgan fingerprint density at radius 1 is 1.22 bits per heavy atom. The number of aliphatic imine (C=N–C) groups is 1. The molecular weight excluding hydrogens is 344 g/mol. The lowest BCUT2D eigenvalue weighted by molar-refractivity contribution is 0.0264. The highest BCUT2D eigenvalue weighted by molar-refractivity contribution is 5.79. The molecule has 1 fully saturated rings. The molecule has 0 spiro atoms. The Morgan fingerprint density at radius 3 is 2.41 bits per heavy atom. The number of ether oxygens (including phenoxy) is 2. The van der Waals surface area contributed by atoms with E-state index in [1.165, 1.54) is 19.3 Å². The van der Waals surface area contributed by atoms with Crippen LogP contribution in [0.25, 0.3) is 0 Å². The maximum absolute atomic E-state index is 12.2. The van der Waals surface area contributed by atoms with Crippen molar-refractivity contribution in [3.63, 3.8) is 0 Å². The lowest BCUT2D eigenvalue weighted by Crippen LogP contribution is -2.45. The number of guanidine groups is 1. The van der Waals surface area contributed by atoms with E-state index in [1.807, 2.05) is 27.7 Å². The highest BCUT2D eigenvalue weighted by atomic mass is 16.6. The minimum atomic E-state index is -0.479. The molecule has 0 aromatic carbocycles. The van der Waals surface area contributed by atoms with Crippen molar-refractivity contribution in [1.82, 2.24) is 15.5 Å². The number of hydrogen-bond acceptors (Lipinski definition) is 4. The molecule has 7 nitrogen and oxygen atoms in total. The Morgan fingerprint density at radius 2 is 1.93 bits per heavy atom. The summed E-state index contributed by atoms with van der Waals surface area (Å²) in [5, 5.41) is 6.63. The van der Waals surface area contributed by atoms with Crippen LogP contribution < -0.4 is 10.6 Å². The van der Waals surface area contributed by atoms with Gasteiger partial charge in [0.25, 0.3) is 0 Å². The second kappa shape index (κ2) is 11.4. The molecule has 0 aliphatic heterocycles. The molecule has 0 atom stereocenters. The van der Waals surface area contributed by atoms with Gasteiger partial charge in [-0.1, -0.05) is 6.42 Å². The molecule has 0 aromatic rings. The normalized spacial score (nSPS) is 16.4. The largest absolute Gasteiger partial charge is 0.444 e. The number of methoxy groups -OCH3 is 1. The summed E-state index contributed by atoms with van der Waals surface area (Å²) in [7, 11) is 1.76. The number of nitrogens with zero attached hydrogens (tertiary/aromatic N) is 2. The van der Waals surface area contributed by atoms with Crippen LogP contribution in [-0.4, -0.2) is 69.0 Å². The second-order valence-corrected chi connectivity index (χ2v) is 8.28. The fourth-order valence-electron chi connectivity index (χ4n) is 3.09. The van der Waals surface area contributed by atoms with Crippen molar-refractivity contribution in [2.75, 3.05) is 46.4 Å². The average Bonchev–Trinajstić information content (AvgIpc) is 2.55.